The van der Waals surface area contributed by atoms with Gasteiger partial charge in [0.25, 0.3) is 0 Å². The zero-order valence-corrected chi connectivity index (χ0v) is 10.9. The summed E-state index contributed by atoms with van der Waals surface area (Å²) in [5.74, 6) is 0.979. The molecule has 0 spiro atoms. The van der Waals surface area contributed by atoms with E-state index in [0.29, 0.717) is 33.7 Å². The quantitative estimate of drug-likeness (QED) is 0.725. The van der Waals surface area contributed by atoms with Crippen LogP contribution in [0.4, 0.5) is 5.69 Å². The van der Waals surface area contributed by atoms with Crippen molar-refractivity contribution >= 4 is 16.7 Å². The first-order valence-corrected chi connectivity index (χ1v) is 6.16. The van der Waals surface area contributed by atoms with Crippen LogP contribution in [0.15, 0.2) is 57.7 Å². The molecule has 0 fully saturated rings. The van der Waals surface area contributed by atoms with Crippen LogP contribution >= 0.6 is 0 Å². The van der Waals surface area contributed by atoms with Crippen molar-refractivity contribution < 1.29 is 9.15 Å². The minimum atomic E-state index is -0.104. The Morgan fingerprint density at radius 1 is 1.10 bits per heavy atom. The summed E-state index contributed by atoms with van der Waals surface area (Å²) < 4.78 is 11.1. The molecule has 0 aliphatic carbocycles. The Balaban J connectivity index is 2.33. The summed E-state index contributed by atoms with van der Waals surface area (Å²) in [7, 11) is 1.55. The van der Waals surface area contributed by atoms with Crippen LogP contribution in [0.25, 0.3) is 22.3 Å². The van der Waals surface area contributed by atoms with Crippen LogP contribution in [-0.2, 0) is 0 Å². The number of nitrogens with two attached hydrogens (primary N) is 1. The molecule has 1 heterocycles. The van der Waals surface area contributed by atoms with Gasteiger partial charge >= 0.3 is 0 Å². The summed E-state index contributed by atoms with van der Waals surface area (Å²) in [4.78, 5) is 12.1. The Morgan fingerprint density at radius 3 is 2.70 bits per heavy atom. The lowest BCUT2D eigenvalue weighted by Gasteiger charge is -2.10. The molecule has 2 aromatic carbocycles. The van der Waals surface area contributed by atoms with Gasteiger partial charge in [-0.2, -0.15) is 0 Å². The van der Waals surface area contributed by atoms with Crippen LogP contribution in [-0.4, -0.2) is 7.11 Å². The van der Waals surface area contributed by atoms with Gasteiger partial charge < -0.3 is 14.9 Å². The molecule has 4 nitrogen and oxygen atoms in total. The van der Waals surface area contributed by atoms with Crippen molar-refractivity contribution in [1.82, 2.24) is 0 Å². The maximum atomic E-state index is 12.1. The summed E-state index contributed by atoms with van der Waals surface area (Å²) in [5.41, 5.74) is 7.50. The van der Waals surface area contributed by atoms with Crippen molar-refractivity contribution in [2.75, 3.05) is 12.8 Å². The van der Waals surface area contributed by atoms with E-state index in [2.05, 4.69) is 0 Å². The van der Waals surface area contributed by atoms with Crippen LogP contribution in [0.5, 0.6) is 5.75 Å². The lowest BCUT2D eigenvalue weighted by Crippen LogP contribution is -2.02. The van der Waals surface area contributed by atoms with Crippen LogP contribution < -0.4 is 15.9 Å². The molecule has 0 bridgehead atoms. The number of hydrogen-bond donors (Lipinski definition) is 1. The summed E-state index contributed by atoms with van der Waals surface area (Å²) in [6.07, 6.45) is 0. The Morgan fingerprint density at radius 2 is 1.90 bits per heavy atom. The van der Waals surface area contributed by atoms with Gasteiger partial charge in [0, 0.05) is 11.8 Å². The third-order valence-electron chi connectivity index (χ3n) is 3.16. The number of para-hydroxylation sites is 1. The van der Waals surface area contributed by atoms with Crippen LogP contribution in [0.3, 0.4) is 0 Å². The number of ether oxygens (including phenoxy) is 1. The lowest BCUT2D eigenvalue weighted by molar-refractivity contribution is 0.415. The van der Waals surface area contributed by atoms with Gasteiger partial charge in [-0.25, -0.2) is 0 Å². The number of anilines is 1. The predicted molar refractivity (Wildman–Crippen MR) is 78.9 cm³/mol. The van der Waals surface area contributed by atoms with E-state index in [1.165, 1.54) is 6.07 Å². The number of fused-ring (bicyclic) bond motifs is 1. The van der Waals surface area contributed by atoms with Gasteiger partial charge in [-0.05, 0) is 24.3 Å². The summed E-state index contributed by atoms with van der Waals surface area (Å²) >= 11 is 0. The minimum absolute atomic E-state index is 0.104. The van der Waals surface area contributed by atoms with Gasteiger partial charge in [0.15, 0.2) is 5.43 Å². The SMILES string of the molecule is COc1cccc(N)c1-c1cc(=O)c2ccccc2o1. The van der Waals surface area contributed by atoms with Crippen molar-refractivity contribution in [1.29, 1.82) is 0 Å². The largest absolute Gasteiger partial charge is 0.496 e. The normalized spacial score (nSPS) is 10.7. The monoisotopic (exact) mass is 267 g/mol. The molecular weight excluding hydrogens is 254 g/mol. The molecule has 0 saturated heterocycles. The Bertz CT molecular complexity index is 836. The first kappa shape index (κ1) is 12.3. The second-order valence-corrected chi connectivity index (χ2v) is 4.40. The molecule has 3 rings (SSSR count). The van der Waals surface area contributed by atoms with Gasteiger partial charge in [-0.1, -0.05) is 18.2 Å². The maximum Gasteiger partial charge on any atom is 0.193 e. The number of benzene rings is 2. The molecule has 2 N–H and O–H groups in total. The number of hydrogen-bond acceptors (Lipinski definition) is 4. The number of nitrogen functional groups attached to an aromatic ring is 1. The zero-order valence-electron chi connectivity index (χ0n) is 10.9. The predicted octanol–water partition coefficient (Wildman–Crippen LogP) is 3.05. The summed E-state index contributed by atoms with van der Waals surface area (Å²) in [6, 6.07) is 13.9. The number of rotatable bonds is 2. The second-order valence-electron chi connectivity index (χ2n) is 4.40. The fourth-order valence-corrected chi connectivity index (χ4v) is 2.21. The molecule has 3 aromatic rings. The molecule has 0 saturated carbocycles. The Kier molecular flexibility index (Phi) is 2.91. The molecular formula is C16H13NO3. The van der Waals surface area contributed by atoms with Gasteiger partial charge in [-0.3, -0.25) is 4.79 Å². The maximum absolute atomic E-state index is 12.1. The molecule has 0 atom stereocenters. The standard InChI is InChI=1S/C16H13NO3/c1-19-14-8-4-6-11(17)16(14)15-9-12(18)10-5-2-3-7-13(10)20-15/h2-9H,17H2,1H3. The van der Waals surface area contributed by atoms with Crippen LogP contribution in [0.1, 0.15) is 0 Å². The first-order valence-electron chi connectivity index (χ1n) is 6.16. The van der Waals surface area contributed by atoms with Gasteiger partial charge in [0.2, 0.25) is 0 Å². The molecule has 0 amide bonds. The van der Waals surface area contributed by atoms with Crippen molar-refractivity contribution in [2.45, 2.75) is 0 Å². The van der Waals surface area contributed by atoms with Gasteiger partial charge in [0.1, 0.15) is 17.1 Å². The molecule has 100 valence electrons. The van der Waals surface area contributed by atoms with Gasteiger partial charge in [-0.15, -0.1) is 0 Å². The van der Waals surface area contributed by atoms with Crippen LogP contribution in [0, 0.1) is 0 Å². The molecule has 0 radical (unpaired) electrons. The highest BCUT2D eigenvalue weighted by Crippen LogP contribution is 2.35. The fraction of sp³-hybridized carbons (Fsp3) is 0.0625. The molecule has 4 heteroatoms. The lowest BCUT2D eigenvalue weighted by atomic mass is 10.1. The van der Waals surface area contributed by atoms with Crippen molar-refractivity contribution in [3.63, 3.8) is 0 Å². The average Bonchev–Trinajstić information content (AvgIpc) is 2.46. The Hall–Kier alpha value is -2.75. The smallest absolute Gasteiger partial charge is 0.193 e. The fourth-order valence-electron chi connectivity index (χ4n) is 2.21. The highest BCUT2D eigenvalue weighted by Gasteiger charge is 2.14. The topological polar surface area (TPSA) is 65.5 Å². The molecule has 0 aliphatic rings. The third-order valence-corrected chi connectivity index (χ3v) is 3.16. The molecule has 20 heavy (non-hydrogen) atoms. The zero-order chi connectivity index (χ0) is 14.1. The highest BCUT2D eigenvalue weighted by molar-refractivity contribution is 5.83. The number of methoxy groups -OCH3 is 1. The first-order chi connectivity index (χ1) is 9.70. The van der Waals surface area contributed by atoms with Gasteiger partial charge in [0.05, 0.1) is 18.1 Å². The van der Waals surface area contributed by atoms with Crippen molar-refractivity contribution in [2.24, 2.45) is 0 Å². The van der Waals surface area contributed by atoms with Crippen LogP contribution in [0.2, 0.25) is 0 Å². The molecule has 1 aromatic heterocycles. The second kappa shape index (κ2) is 4.74. The van der Waals surface area contributed by atoms with E-state index in [-0.39, 0.29) is 5.43 Å². The van der Waals surface area contributed by atoms with Crippen molar-refractivity contribution in [3.8, 4) is 17.1 Å². The molecule has 0 unspecified atom stereocenters. The highest BCUT2D eigenvalue weighted by atomic mass is 16.5. The summed E-state index contributed by atoms with van der Waals surface area (Å²) in [5, 5.41) is 0.546. The van der Waals surface area contributed by atoms with E-state index >= 15 is 0 Å². The third kappa shape index (κ3) is 1.91. The minimum Gasteiger partial charge on any atom is -0.496 e. The molecule has 0 aliphatic heterocycles. The van der Waals surface area contributed by atoms with E-state index in [1.807, 2.05) is 6.07 Å². The van der Waals surface area contributed by atoms with E-state index in [9.17, 15) is 4.79 Å². The van der Waals surface area contributed by atoms with Crippen molar-refractivity contribution in [3.05, 3.63) is 58.8 Å². The van der Waals surface area contributed by atoms with E-state index < -0.39 is 0 Å². The average molecular weight is 267 g/mol. The van der Waals surface area contributed by atoms with E-state index in [1.54, 1.807) is 43.5 Å². The van der Waals surface area contributed by atoms with E-state index in [4.69, 9.17) is 14.9 Å². The summed E-state index contributed by atoms with van der Waals surface area (Å²) in [6.45, 7) is 0. The van der Waals surface area contributed by atoms with E-state index in [0.717, 1.165) is 0 Å². The Labute approximate surface area is 115 Å².